The molecule has 0 amide bonds. The maximum atomic E-state index is 11.4. The quantitative estimate of drug-likeness (QED) is 0.246. The second-order valence-corrected chi connectivity index (χ2v) is 10.1. The maximum absolute atomic E-state index is 11.4. The van der Waals surface area contributed by atoms with Gasteiger partial charge in [0.25, 0.3) is 0 Å². The van der Waals surface area contributed by atoms with Crippen molar-refractivity contribution in [2.45, 2.75) is 51.1 Å². The van der Waals surface area contributed by atoms with Crippen molar-refractivity contribution >= 4 is 28.2 Å². The van der Waals surface area contributed by atoms with Gasteiger partial charge in [0.1, 0.15) is 0 Å². The molecule has 0 radical (unpaired) electrons. The SMILES string of the molecule is CCc1nn(C2CCC2)c2cc(N3CCN(c4cccc([N+](=O)[O-])n4)C(Cc4ccccc4)C3)ccc12. The Hall–Kier alpha value is -3.94. The molecule has 4 aromatic rings. The number of fused-ring (bicyclic) bond motifs is 1. The van der Waals surface area contributed by atoms with Crippen LogP contribution in [0.3, 0.4) is 0 Å². The Morgan fingerprint density at radius 2 is 1.86 bits per heavy atom. The standard InChI is InChI=1S/C29H32N6O2/c1-2-26-25-15-14-23(19-27(25)34(31-26)22-10-6-11-22)32-16-17-33(28-12-7-13-29(30-28)35(36)37)24(20-32)18-21-8-4-3-5-9-21/h3-5,7-9,12-15,19,22,24H,2,6,10-11,16-18,20H2,1H3. The second kappa shape index (κ2) is 9.84. The molecular weight excluding hydrogens is 464 g/mol. The van der Waals surface area contributed by atoms with Gasteiger partial charge in [-0.05, 0) is 71.8 Å². The van der Waals surface area contributed by atoms with Crippen molar-refractivity contribution in [3.05, 3.63) is 88.1 Å². The number of hydrogen-bond donors (Lipinski definition) is 0. The highest BCUT2D eigenvalue weighted by Gasteiger charge is 2.31. The molecule has 0 N–H and O–H groups in total. The van der Waals surface area contributed by atoms with Crippen LogP contribution < -0.4 is 9.80 Å². The zero-order valence-electron chi connectivity index (χ0n) is 21.2. The number of rotatable bonds is 7. The van der Waals surface area contributed by atoms with E-state index >= 15 is 0 Å². The van der Waals surface area contributed by atoms with Crippen molar-refractivity contribution in [1.29, 1.82) is 0 Å². The average Bonchev–Trinajstić information content (AvgIpc) is 3.26. The first-order chi connectivity index (χ1) is 18.1. The van der Waals surface area contributed by atoms with E-state index < -0.39 is 4.92 Å². The minimum Gasteiger partial charge on any atom is -0.368 e. The number of pyridine rings is 1. The van der Waals surface area contributed by atoms with Crippen molar-refractivity contribution < 1.29 is 4.92 Å². The van der Waals surface area contributed by atoms with Crippen LogP contribution in [0.15, 0.2) is 66.7 Å². The smallest absolute Gasteiger partial charge is 0.365 e. The Bertz CT molecular complexity index is 1410. The molecule has 1 unspecified atom stereocenters. The summed E-state index contributed by atoms with van der Waals surface area (Å²) >= 11 is 0. The van der Waals surface area contributed by atoms with E-state index in [1.807, 2.05) is 12.1 Å². The molecule has 1 saturated carbocycles. The van der Waals surface area contributed by atoms with Crippen molar-refractivity contribution in [3.8, 4) is 0 Å². The van der Waals surface area contributed by atoms with Crippen molar-refractivity contribution in [3.63, 3.8) is 0 Å². The molecule has 3 heterocycles. The van der Waals surface area contributed by atoms with Crippen molar-refractivity contribution in [2.24, 2.45) is 0 Å². The van der Waals surface area contributed by atoms with E-state index in [-0.39, 0.29) is 11.9 Å². The van der Waals surface area contributed by atoms with E-state index in [9.17, 15) is 10.1 Å². The lowest BCUT2D eigenvalue weighted by molar-refractivity contribution is -0.389. The first-order valence-electron chi connectivity index (χ1n) is 13.3. The second-order valence-electron chi connectivity index (χ2n) is 10.1. The van der Waals surface area contributed by atoms with Gasteiger partial charge in [0, 0.05) is 42.8 Å². The molecule has 8 heteroatoms. The van der Waals surface area contributed by atoms with Gasteiger partial charge in [0.05, 0.1) is 23.3 Å². The van der Waals surface area contributed by atoms with Gasteiger partial charge in [-0.1, -0.05) is 37.3 Å². The third-order valence-corrected chi connectivity index (χ3v) is 7.89. The van der Waals surface area contributed by atoms with Gasteiger partial charge in [-0.3, -0.25) is 4.68 Å². The summed E-state index contributed by atoms with van der Waals surface area (Å²) < 4.78 is 2.27. The Balaban J connectivity index is 1.33. The fourth-order valence-electron chi connectivity index (χ4n) is 5.68. The lowest BCUT2D eigenvalue weighted by atomic mass is 9.93. The van der Waals surface area contributed by atoms with Crippen LogP contribution in [0.1, 0.15) is 43.5 Å². The number of hydrogen-bond acceptors (Lipinski definition) is 6. The van der Waals surface area contributed by atoms with E-state index in [1.165, 1.54) is 53.2 Å². The molecule has 2 aliphatic rings. The van der Waals surface area contributed by atoms with Gasteiger partial charge >= 0.3 is 5.82 Å². The summed E-state index contributed by atoms with van der Waals surface area (Å²) in [6, 6.07) is 23.0. The fraction of sp³-hybridized carbons (Fsp3) is 0.379. The predicted octanol–water partition coefficient (Wildman–Crippen LogP) is 5.56. The lowest BCUT2D eigenvalue weighted by Crippen LogP contribution is -2.54. The van der Waals surface area contributed by atoms with Gasteiger partial charge in [0.2, 0.25) is 5.82 Å². The molecule has 0 spiro atoms. The number of piperazine rings is 1. The molecule has 0 bridgehead atoms. The van der Waals surface area contributed by atoms with E-state index in [2.05, 4.69) is 68.9 Å². The van der Waals surface area contributed by atoms with Crippen LogP contribution in [-0.2, 0) is 12.8 Å². The van der Waals surface area contributed by atoms with E-state index in [1.54, 1.807) is 6.07 Å². The number of aromatic nitrogens is 3. The van der Waals surface area contributed by atoms with Gasteiger partial charge in [-0.25, -0.2) is 0 Å². The first kappa shape index (κ1) is 23.5. The molecule has 2 aromatic carbocycles. The number of anilines is 2. The number of nitrogens with zero attached hydrogens (tertiary/aromatic N) is 6. The fourth-order valence-corrected chi connectivity index (χ4v) is 5.68. The van der Waals surface area contributed by atoms with E-state index in [0.717, 1.165) is 32.5 Å². The molecule has 1 aliphatic carbocycles. The molecule has 1 saturated heterocycles. The van der Waals surface area contributed by atoms with E-state index in [0.29, 0.717) is 11.9 Å². The maximum Gasteiger partial charge on any atom is 0.365 e. The average molecular weight is 497 g/mol. The van der Waals surface area contributed by atoms with Crippen molar-refractivity contribution in [1.82, 2.24) is 14.8 Å². The predicted molar refractivity (Wildman–Crippen MR) is 146 cm³/mol. The number of nitro groups is 1. The topological polar surface area (TPSA) is 80.3 Å². The van der Waals surface area contributed by atoms with Crippen LogP contribution in [0.2, 0.25) is 0 Å². The molecule has 2 fully saturated rings. The van der Waals surface area contributed by atoms with Crippen LogP contribution in [0.25, 0.3) is 10.9 Å². The molecule has 1 aliphatic heterocycles. The highest BCUT2D eigenvalue weighted by Crippen LogP contribution is 2.36. The van der Waals surface area contributed by atoms with Crippen molar-refractivity contribution in [2.75, 3.05) is 29.4 Å². The number of benzene rings is 2. The summed E-state index contributed by atoms with van der Waals surface area (Å²) in [7, 11) is 0. The van der Waals surface area contributed by atoms with E-state index in [4.69, 9.17) is 5.10 Å². The third-order valence-electron chi connectivity index (χ3n) is 7.89. The Labute approximate surface area is 216 Å². The van der Waals surface area contributed by atoms with Crippen LogP contribution in [0, 0.1) is 10.1 Å². The zero-order chi connectivity index (χ0) is 25.4. The summed E-state index contributed by atoms with van der Waals surface area (Å²) in [5, 5.41) is 17.6. The summed E-state index contributed by atoms with van der Waals surface area (Å²) in [6.07, 6.45) is 5.46. The van der Waals surface area contributed by atoms with Crippen LogP contribution in [0.4, 0.5) is 17.3 Å². The highest BCUT2D eigenvalue weighted by molar-refractivity contribution is 5.85. The highest BCUT2D eigenvalue weighted by atomic mass is 16.6. The molecule has 1 atom stereocenters. The van der Waals surface area contributed by atoms with Gasteiger partial charge < -0.3 is 19.9 Å². The molecule has 8 nitrogen and oxygen atoms in total. The Kier molecular flexibility index (Phi) is 6.24. The molecule has 190 valence electrons. The third kappa shape index (κ3) is 4.52. The number of aryl methyl sites for hydroxylation is 1. The lowest BCUT2D eigenvalue weighted by Gasteiger charge is -2.42. The van der Waals surface area contributed by atoms with Gasteiger partial charge in [-0.15, -0.1) is 0 Å². The van der Waals surface area contributed by atoms with Crippen LogP contribution >= 0.6 is 0 Å². The minimum absolute atomic E-state index is 0.111. The minimum atomic E-state index is -0.420. The summed E-state index contributed by atoms with van der Waals surface area (Å²) in [4.78, 5) is 20.0. The first-order valence-corrected chi connectivity index (χ1v) is 13.3. The molecule has 37 heavy (non-hydrogen) atoms. The largest absolute Gasteiger partial charge is 0.368 e. The summed E-state index contributed by atoms with van der Waals surface area (Å²) in [5.74, 6) is 0.556. The Morgan fingerprint density at radius 3 is 2.59 bits per heavy atom. The van der Waals surface area contributed by atoms with Gasteiger partial charge in [-0.2, -0.15) is 5.10 Å². The zero-order valence-corrected chi connectivity index (χ0v) is 21.2. The Morgan fingerprint density at radius 1 is 1.03 bits per heavy atom. The summed E-state index contributed by atoms with van der Waals surface area (Å²) in [5.41, 5.74) is 4.87. The monoisotopic (exact) mass is 496 g/mol. The normalized spacial score (nSPS) is 18.2. The van der Waals surface area contributed by atoms with Gasteiger partial charge in [0.15, 0.2) is 0 Å². The summed E-state index contributed by atoms with van der Waals surface area (Å²) in [6.45, 7) is 4.55. The molecular formula is C29H32N6O2. The molecule has 2 aromatic heterocycles. The van der Waals surface area contributed by atoms with Crippen LogP contribution in [-0.4, -0.2) is 45.4 Å². The van der Waals surface area contributed by atoms with Crippen LogP contribution in [0.5, 0.6) is 0 Å². The molecule has 6 rings (SSSR count).